The zero-order chi connectivity index (χ0) is 16.0. The highest BCUT2D eigenvalue weighted by Gasteiger charge is 2.30. The van der Waals surface area contributed by atoms with Crippen molar-refractivity contribution in [2.45, 2.75) is 32.3 Å². The predicted octanol–water partition coefficient (Wildman–Crippen LogP) is 0.280. The van der Waals surface area contributed by atoms with Gasteiger partial charge in [0.1, 0.15) is 0 Å². The van der Waals surface area contributed by atoms with Gasteiger partial charge in [-0.15, -0.1) is 24.0 Å². The van der Waals surface area contributed by atoms with Crippen LogP contribution in [0.25, 0.3) is 0 Å². The van der Waals surface area contributed by atoms with Crippen LogP contribution in [0.4, 0.5) is 4.79 Å². The van der Waals surface area contributed by atoms with E-state index in [9.17, 15) is 9.59 Å². The topological polar surface area (TPSA) is 95.1 Å². The van der Waals surface area contributed by atoms with Crippen LogP contribution in [-0.2, 0) is 9.53 Å². The van der Waals surface area contributed by atoms with Crippen LogP contribution >= 0.6 is 24.0 Å². The third kappa shape index (κ3) is 5.79. The number of rotatable bonds is 6. The predicted molar refractivity (Wildman–Crippen MR) is 98.1 cm³/mol. The normalized spacial score (nSPS) is 24.4. The molecule has 0 aromatic rings. The van der Waals surface area contributed by atoms with Crippen molar-refractivity contribution >= 4 is 41.9 Å². The van der Waals surface area contributed by atoms with Crippen LogP contribution in [0.15, 0.2) is 4.99 Å². The van der Waals surface area contributed by atoms with Gasteiger partial charge in [0.15, 0.2) is 5.96 Å². The molecule has 2 fully saturated rings. The number of carbonyl (C=O) groups is 2. The van der Waals surface area contributed by atoms with Gasteiger partial charge < -0.3 is 20.7 Å². The summed E-state index contributed by atoms with van der Waals surface area (Å²) < 4.78 is 5.71. The molecule has 2 rings (SSSR count). The molecule has 2 aliphatic rings. The van der Waals surface area contributed by atoms with Crippen molar-refractivity contribution < 1.29 is 14.3 Å². The smallest absolute Gasteiger partial charge is 0.324 e. The van der Waals surface area contributed by atoms with Crippen LogP contribution in [-0.4, -0.2) is 67.7 Å². The van der Waals surface area contributed by atoms with Crippen molar-refractivity contribution in [3.8, 4) is 0 Å². The molecule has 2 heterocycles. The molecule has 0 saturated carbocycles. The lowest BCUT2D eigenvalue weighted by molar-refractivity contribution is -0.124. The number of aliphatic imine (C=N–C) groups is 1. The first kappa shape index (κ1) is 19.9. The van der Waals surface area contributed by atoms with Gasteiger partial charge in [0.05, 0.1) is 18.7 Å². The van der Waals surface area contributed by atoms with E-state index >= 15 is 0 Å². The number of hydrogen-bond acceptors (Lipinski definition) is 4. The molecule has 0 aromatic heterocycles. The summed E-state index contributed by atoms with van der Waals surface area (Å²) in [5, 5.41) is 8.79. The van der Waals surface area contributed by atoms with Crippen LogP contribution in [0.1, 0.15) is 26.7 Å². The van der Waals surface area contributed by atoms with E-state index < -0.39 is 0 Å². The van der Waals surface area contributed by atoms with Crippen LogP contribution in [0.2, 0.25) is 0 Å². The second kappa shape index (κ2) is 9.26. The largest absolute Gasteiger partial charge is 0.373 e. The fourth-order valence-corrected chi connectivity index (χ4v) is 2.52. The minimum Gasteiger partial charge on any atom is -0.373 e. The number of urea groups is 1. The second-order valence-electron chi connectivity index (χ2n) is 5.73. The van der Waals surface area contributed by atoms with Crippen molar-refractivity contribution in [3.05, 3.63) is 0 Å². The number of carbonyl (C=O) groups excluding carboxylic acids is 2. The second-order valence-corrected chi connectivity index (χ2v) is 5.73. The Morgan fingerprint density at radius 2 is 2.22 bits per heavy atom. The average Bonchev–Trinajstić information content (AvgIpc) is 3.05. The van der Waals surface area contributed by atoms with Gasteiger partial charge in [0.25, 0.3) is 0 Å². The molecule has 0 radical (unpaired) electrons. The van der Waals surface area contributed by atoms with Crippen LogP contribution in [0.5, 0.6) is 0 Å². The quantitative estimate of drug-likeness (QED) is 0.239. The van der Waals surface area contributed by atoms with E-state index in [2.05, 4.69) is 27.9 Å². The first-order valence-corrected chi connectivity index (χ1v) is 7.78. The third-order valence-corrected chi connectivity index (χ3v) is 3.78. The number of guanidine groups is 1. The maximum atomic E-state index is 11.5. The Hall–Kier alpha value is -1.10. The van der Waals surface area contributed by atoms with E-state index in [-0.39, 0.29) is 48.1 Å². The van der Waals surface area contributed by atoms with E-state index in [1.54, 1.807) is 0 Å². The maximum Gasteiger partial charge on any atom is 0.324 e. The van der Waals surface area contributed by atoms with E-state index in [1.165, 1.54) is 4.90 Å². The van der Waals surface area contributed by atoms with Crippen molar-refractivity contribution in [1.82, 2.24) is 20.9 Å². The van der Waals surface area contributed by atoms with Gasteiger partial charge in [-0.25, -0.2) is 4.79 Å². The van der Waals surface area contributed by atoms with Gasteiger partial charge in [-0.1, -0.05) is 0 Å². The first-order valence-electron chi connectivity index (χ1n) is 7.78. The zero-order valence-corrected chi connectivity index (χ0v) is 16.0. The summed E-state index contributed by atoms with van der Waals surface area (Å²) >= 11 is 0. The molecule has 2 aliphatic heterocycles. The number of imide groups is 1. The summed E-state index contributed by atoms with van der Waals surface area (Å²) in [4.78, 5) is 28.7. The van der Waals surface area contributed by atoms with Crippen molar-refractivity contribution in [3.63, 3.8) is 0 Å². The number of hydrogen-bond donors (Lipinski definition) is 3. The number of nitrogens with one attached hydrogen (secondary N) is 3. The van der Waals surface area contributed by atoms with Gasteiger partial charge in [0, 0.05) is 26.2 Å². The summed E-state index contributed by atoms with van der Waals surface area (Å²) in [5.41, 5.74) is -0.187. The fraction of sp³-hybridized carbons (Fsp3) is 0.786. The van der Waals surface area contributed by atoms with Gasteiger partial charge in [-0.2, -0.15) is 0 Å². The Labute approximate surface area is 153 Å². The van der Waals surface area contributed by atoms with Crippen molar-refractivity contribution in [2.75, 3.05) is 39.3 Å². The first-order chi connectivity index (χ1) is 10.5. The molecule has 0 bridgehead atoms. The molecule has 3 amide bonds. The Morgan fingerprint density at radius 1 is 1.43 bits per heavy atom. The van der Waals surface area contributed by atoms with Crippen LogP contribution in [0.3, 0.4) is 0 Å². The van der Waals surface area contributed by atoms with E-state index in [0.717, 1.165) is 26.0 Å². The van der Waals surface area contributed by atoms with Crippen molar-refractivity contribution in [1.29, 1.82) is 0 Å². The van der Waals surface area contributed by atoms with Gasteiger partial charge in [-0.05, 0) is 26.7 Å². The lowest BCUT2D eigenvalue weighted by Crippen LogP contribution is -2.44. The minimum absolute atomic E-state index is 0. The Balaban J connectivity index is 0.00000264. The highest BCUT2D eigenvalue weighted by molar-refractivity contribution is 14.0. The molecule has 1 unspecified atom stereocenters. The van der Waals surface area contributed by atoms with Gasteiger partial charge >= 0.3 is 6.03 Å². The molecule has 8 nitrogen and oxygen atoms in total. The number of amides is 3. The number of nitrogens with zero attached hydrogens (tertiary/aromatic N) is 2. The summed E-state index contributed by atoms with van der Waals surface area (Å²) in [6.07, 6.45) is 2.08. The van der Waals surface area contributed by atoms with E-state index in [4.69, 9.17) is 4.74 Å². The molecule has 9 heteroatoms. The molecule has 0 aromatic carbocycles. The molecule has 0 aliphatic carbocycles. The minimum atomic E-state index is -0.333. The standard InChI is InChI=1S/C14H25N5O3.HI/c1-3-15-12(18-10-14(2)5-4-8-22-14)16-6-7-19-11(20)9-17-13(19)21;/h3-10H2,1-2H3,(H,17,21)(H2,15,16,18);1H. The third-order valence-electron chi connectivity index (χ3n) is 3.78. The molecular formula is C14H26IN5O3. The summed E-state index contributed by atoms with van der Waals surface area (Å²) in [7, 11) is 0. The lowest BCUT2D eigenvalue weighted by atomic mass is 10.0. The summed E-state index contributed by atoms with van der Waals surface area (Å²) in [6.45, 7) is 7.05. The zero-order valence-electron chi connectivity index (χ0n) is 13.7. The highest BCUT2D eigenvalue weighted by Crippen LogP contribution is 2.24. The fourth-order valence-electron chi connectivity index (χ4n) is 2.52. The maximum absolute atomic E-state index is 11.5. The molecule has 2 saturated heterocycles. The van der Waals surface area contributed by atoms with E-state index in [1.807, 2.05) is 6.92 Å². The van der Waals surface area contributed by atoms with Crippen molar-refractivity contribution in [2.24, 2.45) is 4.99 Å². The van der Waals surface area contributed by atoms with E-state index in [0.29, 0.717) is 25.6 Å². The molecular weight excluding hydrogens is 413 g/mol. The lowest BCUT2D eigenvalue weighted by Gasteiger charge is -2.21. The number of ether oxygens (including phenoxy) is 1. The summed E-state index contributed by atoms with van der Waals surface area (Å²) in [5.74, 6) is 0.479. The van der Waals surface area contributed by atoms with Crippen LogP contribution in [0, 0.1) is 0 Å². The molecule has 0 spiro atoms. The average molecular weight is 439 g/mol. The Kier molecular flexibility index (Phi) is 8.03. The Morgan fingerprint density at radius 3 is 2.78 bits per heavy atom. The van der Waals surface area contributed by atoms with Gasteiger partial charge in [-0.3, -0.25) is 14.7 Å². The number of halogens is 1. The molecule has 1 atom stereocenters. The highest BCUT2D eigenvalue weighted by atomic mass is 127. The molecule has 3 N–H and O–H groups in total. The summed E-state index contributed by atoms with van der Waals surface area (Å²) in [6, 6.07) is -0.333. The van der Waals surface area contributed by atoms with Crippen LogP contribution < -0.4 is 16.0 Å². The molecule has 23 heavy (non-hydrogen) atoms. The van der Waals surface area contributed by atoms with Gasteiger partial charge in [0.2, 0.25) is 5.91 Å². The Bertz CT molecular complexity index is 436. The monoisotopic (exact) mass is 439 g/mol. The molecule has 132 valence electrons. The SMILES string of the molecule is CCNC(=NCC1(C)CCCO1)NCCN1C(=O)CNC1=O.I.